The number of methoxy groups -OCH3 is 1. The highest BCUT2D eigenvalue weighted by Crippen LogP contribution is 2.30. The first-order valence-corrected chi connectivity index (χ1v) is 11.9. The van der Waals surface area contributed by atoms with Gasteiger partial charge < -0.3 is 9.30 Å². The van der Waals surface area contributed by atoms with Gasteiger partial charge in [0.05, 0.1) is 30.9 Å². The number of hydrogen-bond acceptors (Lipinski definition) is 4. The Labute approximate surface area is 218 Å². The molecule has 5 rings (SSSR count). The normalized spacial score (nSPS) is 11.3. The van der Waals surface area contributed by atoms with E-state index >= 15 is 0 Å². The van der Waals surface area contributed by atoms with E-state index in [0.29, 0.717) is 33.8 Å². The third-order valence-electron chi connectivity index (χ3n) is 6.12. The number of rotatable bonds is 6. The standard InChI is InChI=1S/C30H24F2N4O2/c1-20-18-35(19-34-20)26-13-21(12-24(16-26)30(2,31)32)14-27(37)22-8-10-28(38-3)23(15-22)7-9-25-17-33-29-6-4-5-11-36(25)29/h4-6,8,10-13,15-19H,14H2,1-3H3. The lowest BCUT2D eigenvalue weighted by molar-refractivity contribution is 0.0173. The molecule has 0 atom stereocenters. The first-order chi connectivity index (χ1) is 18.2. The molecule has 0 saturated carbocycles. The Hall–Kier alpha value is -4.77. The summed E-state index contributed by atoms with van der Waals surface area (Å²) in [5.41, 5.74) is 3.99. The zero-order valence-electron chi connectivity index (χ0n) is 21.1. The van der Waals surface area contributed by atoms with Crippen LogP contribution in [0.25, 0.3) is 11.3 Å². The number of ketones is 1. The van der Waals surface area contributed by atoms with Crippen molar-refractivity contribution in [2.75, 3.05) is 7.11 Å². The van der Waals surface area contributed by atoms with E-state index in [4.69, 9.17) is 4.74 Å². The van der Waals surface area contributed by atoms with Crippen LogP contribution in [0.5, 0.6) is 5.75 Å². The third kappa shape index (κ3) is 5.18. The number of fused-ring (bicyclic) bond motifs is 1. The smallest absolute Gasteiger partial charge is 0.270 e. The summed E-state index contributed by atoms with van der Waals surface area (Å²) < 4.78 is 37.6. The number of imidazole rings is 2. The Morgan fingerprint density at radius 2 is 1.92 bits per heavy atom. The fourth-order valence-corrected chi connectivity index (χ4v) is 4.16. The van der Waals surface area contributed by atoms with Gasteiger partial charge in [0.1, 0.15) is 17.1 Å². The van der Waals surface area contributed by atoms with E-state index in [-0.39, 0.29) is 17.8 Å². The van der Waals surface area contributed by atoms with Gasteiger partial charge in [0.2, 0.25) is 0 Å². The van der Waals surface area contributed by atoms with Gasteiger partial charge in [-0.15, -0.1) is 0 Å². The molecule has 0 aliphatic rings. The van der Waals surface area contributed by atoms with Gasteiger partial charge in [0.15, 0.2) is 5.78 Å². The van der Waals surface area contributed by atoms with Crippen LogP contribution in [0.15, 0.2) is 79.5 Å². The maximum absolute atomic E-state index is 14.3. The molecule has 0 aliphatic heterocycles. The molecule has 0 bridgehead atoms. The molecule has 38 heavy (non-hydrogen) atoms. The van der Waals surface area contributed by atoms with Crippen LogP contribution in [0.2, 0.25) is 0 Å². The van der Waals surface area contributed by atoms with Crippen LogP contribution in [-0.2, 0) is 12.3 Å². The van der Waals surface area contributed by atoms with Crippen molar-refractivity contribution in [3.8, 4) is 23.3 Å². The molecule has 0 unspecified atom stereocenters. The van der Waals surface area contributed by atoms with Crippen LogP contribution >= 0.6 is 0 Å². The molecule has 5 aromatic rings. The first-order valence-electron chi connectivity index (χ1n) is 11.9. The van der Waals surface area contributed by atoms with E-state index in [9.17, 15) is 13.6 Å². The van der Waals surface area contributed by atoms with E-state index in [1.807, 2.05) is 35.7 Å². The lowest BCUT2D eigenvalue weighted by Gasteiger charge is -2.15. The number of carbonyl (C=O) groups excluding carboxylic acids is 1. The number of aryl methyl sites for hydroxylation is 1. The molecule has 8 heteroatoms. The molecular weight excluding hydrogens is 486 g/mol. The molecule has 0 amide bonds. The van der Waals surface area contributed by atoms with Crippen LogP contribution < -0.4 is 4.74 Å². The number of Topliss-reactive ketones (excluding diaryl/α,β-unsaturated/α-hetero) is 1. The van der Waals surface area contributed by atoms with Gasteiger partial charge in [-0.05, 0) is 66.9 Å². The van der Waals surface area contributed by atoms with Crippen molar-refractivity contribution in [1.82, 2.24) is 18.9 Å². The molecule has 0 N–H and O–H groups in total. The molecule has 3 heterocycles. The van der Waals surface area contributed by atoms with Gasteiger partial charge in [-0.1, -0.05) is 12.0 Å². The molecule has 0 fully saturated rings. The van der Waals surface area contributed by atoms with Crippen molar-refractivity contribution in [2.45, 2.75) is 26.2 Å². The molecule has 0 spiro atoms. The summed E-state index contributed by atoms with van der Waals surface area (Å²) in [4.78, 5) is 21.8. The summed E-state index contributed by atoms with van der Waals surface area (Å²) in [7, 11) is 1.53. The van der Waals surface area contributed by atoms with E-state index in [1.165, 1.54) is 19.2 Å². The number of halogens is 2. The van der Waals surface area contributed by atoms with Crippen LogP contribution in [0.1, 0.15) is 45.4 Å². The van der Waals surface area contributed by atoms with Crippen molar-refractivity contribution in [3.05, 3.63) is 113 Å². The molecule has 190 valence electrons. The molecule has 2 aromatic carbocycles. The van der Waals surface area contributed by atoms with Crippen molar-refractivity contribution in [1.29, 1.82) is 0 Å². The molecule has 0 saturated heterocycles. The van der Waals surface area contributed by atoms with Gasteiger partial charge in [-0.3, -0.25) is 9.20 Å². The lowest BCUT2D eigenvalue weighted by Crippen LogP contribution is -2.11. The number of benzene rings is 2. The Bertz CT molecular complexity index is 1720. The summed E-state index contributed by atoms with van der Waals surface area (Å²) in [6, 6.07) is 15.2. The molecule has 6 nitrogen and oxygen atoms in total. The van der Waals surface area contributed by atoms with Gasteiger partial charge in [-0.25, -0.2) is 18.7 Å². The average molecular weight is 511 g/mol. The molecule has 0 aliphatic carbocycles. The van der Waals surface area contributed by atoms with E-state index < -0.39 is 5.92 Å². The fraction of sp³-hybridized carbons (Fsp3) is 0.167. The number of hydrogen-bond donors (Lipinski definition) is 0. The molecular formula is C30H24F2N4O2. The zero-order chi connectivity index (χ0) is 26.9. The average Bonchev–Trinajstić information content (AvgIpc) is 3.52. The minimum atomic E-state index is -3.07. The van der Waals surface area contributed by atoms with E-state index in [0.717, 1.165) is 18.3 Å². The predicted octanol–water partition coefficient (Wildman–Crippen LogP) is 5.77. The fourth-order valence-electron chi connectivity index (χ4n) is 4.16. The maximum Gasteiger partial charge on any atom is 0.270 e. The summed E-state index contributed by atoms with van der Waals surface area (Å²) in [6.45, 7) is 2.66. The van der Waals surface area contributed by atoms with Gasteiger partial charge >= 0.3 is 0 Å². The SMILES string of the molecule is COc1ccc(C(=O)Cc2cc(-n3cnc(C)c3)cc(C(C)(F)F)c2)cc1C#Cc1cnc2ccccn12. The summed E-state index contributed by atoms with van der Waals surface area (Å²) >= 11 is 0. The van der Waals surface area contributed by atoms with Crippen LogP contribution in [-0.4, -0.2) is 31.8 Å². The maximum atomic E-state index is 14.3. The van der Waals surface area contributed by atoms with Crippen molar-refractivity contribution >= 4 is 11.4 Å². The molecule has 3 aromatic heterocycles. The van der Waals surface area contributed by atoms with Crippen molar-refractivity contribution < 1.29 is 18.3 Å². The monoisotopic (exact) mass is 510 g/mol. The third-order valence-corrected chi connectivity index (χ3v) is 6.12. The highest BCUT2D eigenvalue weighted by Gasteiger charge is 2.26. The summed E-state index contributed by atoms with van der Waals surface area (Å²) in [6.07, 6.45) is 6.80. The van der Waals surface area contributed by atoms with Crippen molar-refractivity contribution in [2.24, 2.45) is 0 Å². The number of ether oxygens (including phenoxy) is 1. The van der Waals surface area contributed by atoms with Crippen molar-refractivity contribution in [3.63, 3.8) is 0 Å². The topological polar surface area (TPSA) is 61.4 Å². The number of alkyl halides is 2. The highest BCUT2D eigenvalue weighted by molar-refractivity contribution is 5.98. The number of aromatic nitrogens is 4. The van der Waals surface area contributed by atoms with Gasteiger partial charge in [-0.2, -0.15) is 0 Å². The molecule has 0 radical (unpaired) electrons. The second kappa shape index (κ2) is 9.94. The minimum Gasteiger partial charge on any atom is -0.495 e. The minimum absolute atomic E-state index is 0.0585. The Morgan fingerprint density at radius 3 is 2.66 bits per heavy atom. The number of pyridine rings is 1. The van der Waals surface area contributed by atoms with Gasteiger partial charge in [0.25, 0.3) is 5.92 Å². The Morgan fingerprint density at radius 1 is 1.08 bits per heavy atom. The highest BCUT2D eigenvalue weighted by atomic mass is 19.3. The summed E-state index contributed by atoms with van der Waals surface area (Å²) in [5.74, 6) is 3.40. The summed E-state index contributed by atoms with van der Waals surface area (Å²) in [5, 5.41) is 0. The second-order valence-electron chi connectivity index (χ2n) is 9.04. The van der Waals surface area contributed by atoms with Crippen LogP contribution in [0.4, 0.5) is 8.78 Å². The quantitative estimate of drug-likeness (QED) is 0.215. The predicted molar refractivity (Wildman–Crippen MR) is 140 cm³/mol. The zero-order valence-corrected chi connectivity index (χ0v) is 21.1. The number of nitrogens with zero attached hydrogens (tertiary/aromatic N) is 4. The Kier molecular flexibility index (Phi) is 6.52. The van der Waals surface area contributed by atoms with Crippen LogP contribution in [0.3, 0.4) is 0 Å². The van der Waals surface area contributed by atoms with E-state index in [2.05, 4.69) is 21.8 Å². The lowest BCUT2D eigenvalue weighted by atomic mass is 9.97. The van der Waals surface area contributed by atoms with Gasteiger partial charge in [0, 0.05) is 42.6 Å². The van der Waals surface area contributed by atoms with E-state index in [1.54, 1.807) is 47.6 Å². The Balaban J connectivity index is 1.47. The largest absolute Gasteiger partial charge is 0.495 e. The van der Waals surface area contributed by atoms with Crippen LogP contribution in [0, 0.1) is 18.8 Å². The first kappa shape index (κ1) is 24.9. The number of carbonyl (C=O) groups is 1. The second-order valence-corrected chi connectivity index (χ2v) is 9.04.